The molecule has 0 amide bonds. The molecule has 4 heteroatoms. The standard InChI is InChI=1S/C14H12FNO2/c1-9(17)10-5-11(8-16-7-10)13-6-12(18-2)3-4-14(13)15/h3-8H,1-2H3. The number of aromatic nitrogens is 1. The van der Waals surface area contributed by atoms with E-state index in [4.69, 9.17) is 4.74 Å². The minimum atomic E-state index is -0.377. The lowest BCUT2D eigenvalue weighted by atomic mass is 10.0. The molecule has 2 rings (SSSR count). The summed E-state index contributed by atoms with van der Waals surface area (Å²) < 4.78 is 18.8. The van der Waals surface area contributed by atoms with Gasteiger partial charge in [-0.25, -0.2) is 4.39 Å². The first-order chi connectivity index (χ1) is 8.61. The van der Waals surface area contributed by atoms with Crippen molar-refractivity contribution in [3.63, 3.8) is 0 Å². The number of carbonyl (C=O) groups is 1. The lowest BCUT2D eigenvalue weighted by Crippen LogP contribution is -1.95. The quantitative estimate of drug-likeness (QED) is 0.780. The average molecular weight is 245 g/mol. The van der Waals surface area contributed by atoms with Crippen LogP contribution < -0.4 is 4.74 Å². The van der Waals surface area contributed by atoms with E-state index >= 15 is 0 Å². The Morgan fingerprint density at radius 2 is 2.06 bits per heavy atom. The molecule has 1 heterocycles. The van der Waals surface area contributed by atoms with Crippen molar-refractivity contribution in [2.24, 2.45) is 0 Å². The number of benzene rings is 1. The van der Waals surface area contributed by atoms with E-state index in [1.807, 2.05) is 0 Å². The van der Waals surface area contributed by atoms with E-state index in [0.29, 0.717) is 22.4 Å². The van der Waals surface area contributed by atoms with Gasteiger partial charge in [-0.2, -0.15) is 0 Å². The molecule has 0 unspecified atom stereocenters. The van der Waals surface area contributed by atoms with Crippen molar-refractivity contribution < 1.29 is 13.9 Å². The first kappa shape index (κ1) is 12.2. The molecule has 0 aliphatic rings. The van der Waals surface area contributed by atoms with Crippen LogP contribution in [0, 0.1) is 5.82 Å². The van der Waals surface area contributed by atoms with Gasteiger partial charge in [0.25, 0.3) is 0 Å². The monoisotopic (exact) mass is 245 g/mol. The van der Waals surface area contributed by atoms with Gasteiger partial charge in [0.15, 0.2) is 5.78 Å². The van der Waals surface area contributed by atoms with Crippen LogP contribution in [0.3, 0.4) is 0 Å². The van der Waals surface area contributed by atoms with E-state index in [1.165, 1.54) is 32.5 Å². The maximum absolute atomic E-state index is 13.8. The van der Waals surface area contributed by atoms with Crippen LogP contribution in [-0.4, -0.2) is 17.9 Å². The summed E-state index contributed by atoms with van der Waals surface area (Å²) in [6.07, 6.45) is 2.98. The van der Waals surface area contributed by atoms with Crippen molar-refractivity contribution in [1.29, 1.82) is 0 Å². The van der Waals surface area contributed by atoms with E-state index < -0.39 is 0 Å². The lowest BCUT2D eigenvalue weighted by molar-refractivity contribution is 0.101. The fourth-order valence-corrected chi connectivity index (χ4v) is 1.63. The Labute approximate surface area is 104 Å². The number of ether oxygens (including phenoxy) is 1. The summed E-state index contributed by atoms with van der Waals surface area (Å²) in [6, 6.07) is 6.07. The van der Waals surface area contributed by atoms with Gasteiger partial charge < -0.3 is 4.74 Å². The molecule has 0 N–H and O–H groups in total. The zero-order valence-electron chi connectivity index (χ0n) is 10.1. The Morgan fingerprint density at radius 1 is 1.28 bits per heavy atom. The number of halogens is 1. The van der Waals surface area contributed by atoms with Crippen molar-refractivity contribution in [3.05, 3.63) is 48.0 Å². The largest absolute Gasteiger partial charge is 0.497 e. The third-order valence-corrected chi connectivity index (χ3v) is 2.63. The van der Waals surface area contributed by atoms with Gasteiger partial charge in [-0.05, 0) is 31.2 Å². The fraction of sp³-hybridized carbons (Fsp3) is 0.143. The highest BCUT2D eigenvalue weighted by Crippen LogP contribution is 2.27. The molecule has 92 valence electrons. The minimum absolute atomic E-state index is 0.104. The van der Waals surface area contributed by atoms with Gasteiger partial charge in [0.05, 0.1) is 7.11 Å². The van der Waals surface area contributed by atoms with Crippen LogP contribution in [0.1, 0.15) is 17.3 Å². The number of pyridine rings is 1. The Morgan fingerprint density at radius 3 is 2.72 bits per heavy atom. The van der Waals surface area contributed by atoms with Crippen LogP contribution >= 0.6 is 0 Å². The molecule has 0 fully saturated rings. The SMILES string of the molecule is COc1ccc(F)c(-c2cncc(C(C)=O)c2)c1. The van der Waals surface area contributed by atoms with Crippen molar-refractivity contribution in [2.75, 3.05) is 7.11 Å². The van der Waals surface area contributed by atoms with Crippen molar-refractivity contribution in [3.8, 4) is 16.9 Å². The molecule has 1 aromatic heterocycles. The summed E-state index contributed by atoms with van der Waals surface area (Å²) >= 11 is 0. The molecule has 0 aliphatic carbocycles. The highest BCUT2D eigenvalue weighted by molar-refractivity contribution is 5.94. The number of carbonyl (C=O) groups excluding carboxylic acids is 1. The molecule has 3 nitrogen and oxygen atoms in total. The van der Waals surface area contributed by atoms with Crippen LogP contribution in [0.5, 0.6) is 5.75 Å². The van der Waals surface area contributed by atoms with E-state index in [0.717, 1.165) is 0 Å². The lowest BCUT2D eigenvalue weighted by Gasteiger charge is -2.07. The third-order valence-electron chi connectivity index (χ3n) is 2.63. The highest BCUT2D eigenvalue weighted by atomic mass is 19.1. The first-order valence-electron chi connectivity index (χ1n) is 5.41. The number of ketones is 1. The van der Waals surface area contributed by atoms with Crippen LogP contribution in [0.2, 0.25) is 0 Å². The predicted octanol–water partition coefficient (Wildman–Crippen LogP) is 3.10. The van der Waals surface area contributed by atoms with Crippen LogP contribution in [0.25, 0.3) is 11.1 Å². The smallest absolute Gasteiger partial charge is 0.161 e. The highest BCUT2D eigenvalue weighted by Gasteiger charge is 2.09. The van der Waals surface area contributed by atoms with Gasteiger partial charge in [-0.15, -0.1) is 0 Å². The summed E-state index contributed by atoms with van der Waals surface area (Å²) in [6.45, 7) is 1.45. The third kappa shape index (κ3) is 2.37. The first-order valence-corrected chi connectivity index (χ1v) is 5.41. The Bertz CT molecular complexity index is 596. The molecule has 1 aromatic carbocycles. The predicted molar refractivity (Wildman–Crippen MR) is 66.2 cm³/mol. The summed E-state index contributed by atoms with van der Waals surface area (Å²) in [5.74, 6) is 0.0746. The normalized spacial score (nSPS) is 10.2. The number of Topliss-reactive ketones (excluding diaryl/α,β-unsaturated/α-hetero) is 1. The molecule has 2 aromatic rings. The fourth-order valence-electron chi connectivity index (χ4n) is 1.63. The van der Waals surface area contributed by atoms with E-state index in [2.05, 4.69) is 4.98 Å². The van der Waals surface area contributed by atoms with Crippen LogP contribution in [0.4, 0.5) is 4.39 Å². The zero-order valence-corrected chi connectivity index (χ0v) is 10.1. The number of nitrogens with zero attached hydrogens (tertiary/aromatic N) is 1. The second-order valence-corrected chi connectivity index (χ2v) is 3.86. The van der Waals surface area contributed by atoms with Crippen molar-refractivity contribution in [2.45, 2.75) is 6.92 Å². The molecule has 0 spiro atoms. The Kier molecular flexibility index (Phi) is 3.37. The second kappa shape index (κ2) is 4.96. The van der Waals surface area contributed by atoms with Gasteiger partial charge in [-0.1, -0.05) is 0 Å². The number of hydrogen-bond acceptors (Lipinski definition) is 3. The van der Waals surface area contributed by atoms with E-state index in [-0.39, 0.29) is 11.6 Å². The molecule has 0 saturated heterocycles. The van der Waals surface area contributed by atoms with Gasteiger partial charge in [0, 0.05) is 29.1 Å². The zero-order chi connectivity index (χ0) is 13.1. The van der Waals surface area contributed by atoms with Crippen LogP contribution in [0.15, 0.2) is 36.7 Å². The molecule has 0 bridgehead atoms. The topological polar surface area (TPSA) is 39.2 Å². The molecular weight excluding hydrogens is 233 g/mol. The molecule has 0 saturated carbocycles. The van der Waals surface area contributed by atoms with Crippen LogP contribution in [-0.2, 0) is 0 Å². The average Bonchev–Trinajstić information content (AvgIpc) is 2.39. The maximum atomic E-state index is 13.8. The van der Waals surface area contributed by atoms with Crippen molar-refractivity contribution >= 4 is 5.78 Å². The van der Waals surface area contributed by atoms with E-state index in [1.54, 1.807) is 18.2 Å². The van der Waals surface area contributed by atoms with Gasteiger partial charge >= 0.3 is 0 Å². The molecule has 18 heavy (non-hydrogen) atoms. The number of rotatable bonds is 3. The molecular formula is C14H12FNO2. The second-order valence-electron chi connectivity index (χ2n) is 3.86. The minimum Gasteiger partial charge on any atom is -0.497 e. The summed E-state index contributed by atoms with van der Waals surface area (Å²) in [7, 11) is 1.52. The maximum Gasteiger partial charge on any atom is 0.161 e. The number of methoxy groups -OCH3 is 1. The summed E-state index contributed by atoms with van der Waals surface area (Å²) in [5.41, 5.74) is 1.37. The summed E-state index contributed by atoms with van der Waals surface area (Å²) in [4.78, 5) is 15.2. The molecule has 0 aliphatic heterocycles. The Hall–Kier alpha value is -2.23. The van der Waals surface area contributed by atoms with Gasteiger partial charge in [0.2, 0.25) is 0 Å². The van der Waals surface area contributed by atoms with Gasteiger partial charge in [-0.3, -0.25) is 9.78 Å². The van der Waals surface area contributed by atoms with Crippen molar-refractivity contribution in [1.82, 2.24) is 4.98 Å². The van der Waals surface area contributed by atoms with Gasteiger partial charge in [0.1, 0.15) is 11.6 Å². The summed E-state index contributed by atoms with van der Waals surface area (Å²) in [5, 5.41) is 0. The molecule has 0 radical (unpaired) electrons. The Balaban J connectivity index is 2.54. The van der Waals surface area contributed by atoms with E-state index in [9.17, 15) is 9.18 Å². The number of hydrogen-bond donors (Lipinski definition) is 0. The molecule has 0 atom stereocenters.